The lowest BCUT2D eigenvalue weighted by Crippen LogP contribution is -1.94. The molecule has 0 aliphatic heterocycles. The molecular formula is C18H10Br2FN. The lowest BCUT2D eigenvalue weighted by atomic mass is 10.2. The topological polar surface area (TPSA) is 4.93 Å². The molecule has 1 heterocycles. The summed E-state index contributed by atoms with van der Waals surface area (Å²) in [6.45, 7) is 0. The molecule has 4 aromatic rings. The summed E-state index contributed by atoms with van der Waals surface area (Å²) in [6, 6.07) is 19.0. The van der Waals surface area contributed by atoms with Crippen LogP contribution in [0.25, 0.3) is 27.5 Å². The Morgan fingerprint density at radius 3 is 1.86 bits per heavy atom. The van der Waals surface area contributed by atoms with Crippen LogP contribution >= 0.6 is 31.9 Å². The van der Waals surface area contributed by atoms with E-state index in [0.717, 1.165) is 36.4 Å². The molecule has 0 fully saturated rings. The predicted molar refractivity (Wildman–Crippen MR) is 96.1 cm³/mol. The standard InChI is InChI=1S/C18H10Br2FN/c19-11-4-6-15-16-7-5-12(20)9-18(16)22(17(15)8-11)14-3-1-2-13(21)10-14/h1-10H. The zero-order chi connectivity index (χ0) is 15.3. The minimum atomic E-state index is -0.238. The minimum absolute atomic E-state index is 0.238. The van der Waals surface area contributed by atoms with Gasteiger partial charge in [0.15, 0.2) is 0 Å². The fourth-order valence-corrected chi connectivity index (χ4v) is 3.56. The van der Waals surface area contributed by atoms with Crippen LogP contribution in [0.15, 0.2) is 69.6 Å². The van der Waals surface area contributed by atoms with Gasteiger partial charge in [0.1, 0.15) is 5.82 Å². The van der Waals surface area contributed by atoms with Crippen molar-refractivity contribution in [3.63, 3.8) is 0 Å². The molecule has 3 aromatic carbocycles. The van der Waals surface area contributed by atoms with Crippen molar-refractivity contribution >= 4 is 53.7 Å². The number of hydrogen-bond donors (Lipinski definition) is 0. The van der Waals surface area contributed by atoms with Gasteiger partial charge in [-0.15, -0.1) is 0 Å². The van der Waals surface area contributed by atoms with Crippen LogP contribution in [-0.4, -0.2) is 4.57 Å². The summed E-state index contributed by atoms with van der Waals surface area (Å²) in [5.74, 6) is -0.238. The summed E-state index contributed by atoms with van der Waals surface area (Å²) in [6.07, 6.45) is 0. The first-order valence-electron chi connectivity index (χ1n) is 6.79. The molecule has 4 heteroatoms. The fraction of sp³-hybridized carbons (Fsp3) is 0. The highest BCUT2D eigenvalue weighted by Gasteiger charge is 2.13. The lowest BCUT2D eigenvalue weighted by molar-refractivity contribution is 0.627. The van der Waals surface area contributed by atoms with E-state index in [1.54, 1.807) is 12.1 Å². The average Bonchev–Trinajstić information content (AvgIpc) is 2.79. The largest absolute Gasteiger partial charge is 0.309 e. The summed E-state index contributed by atoms with van der Waals surface area (Å²) in [5, 5.41) is 2.30. The normalized spacial score (nSPS) is 11.4. The highest BCUT2D eigenvalue weighted by molar-refractivity contribution is 9.10. The minimum Gasteiger partial charge on any atom is -0.309 e. The van der Waals surface area contributed by atoms with Crippen molar-refractivity contribution in [2.75, 3.05) is 0 Å². The SMILES string of the molecule is Fc1cccc(-n2c3cc(Br)ccc3c3ccc(Br)cc32)c1. The molecule has 0 spiro atoms. The van der Waals surface area contributed by atoms with Crippen LogP contribution < -0.4 is 0 Å². The van der Waals surface area contributed by atoms with Gasteiger partial charge in [0.25, 0.3) is 0 Å². The Bertz CT molecular complexity index is 961. The van der Waals surface area contributed by atoms with Gasteiger partial charge in [0.05, 0.1) is 11.0 Å². The first-order chi connectivity index (χ1) is 10.6. The molecule has 0 atom stereocenters. The van der Waals surface area contributed by atoms with Crippen LogP contribution in [0, 0.1) is 5.82 Å². The zero-order valence-corrected chi connectivity index (χ0v) is 14.5. The Morgan fingerprint density at radius 1 is 0.727 bits per heavy atom. The van der Waals surface area contributed by atoms with Crippen molar-refractivity contribution in [3.05, 3.63) is 75.4 Å². The van der Waals surface area contributed by atoms with E-state index in [1.165, 1.54) is 6.07 Å². The maximum atomic E-state index is 13.7. The number of hydrogen-bond acceptors (Lipinski definition) is 0. The van der Waals surface area contributed by atoms with Crippen molar-refractivity contribution in [1.29, 1.82) is 0 Å². The number of aromatic nitrogens is 1. The second-order valence-electron chi connectivity index (χ2n) is 5.14. The van der Waals surface area contributed by atoms with E-state index in [-0.39, 0.29) is 5.82 Å². The average molecular weight is 419 g/mol. The summed E-state index contributed by atoms with van der Waals surface area (Å²) >= 11 is 7.06. The van der Waals surface area contributed by atoms with Crippen molar-refractivity contribution < 1.29 is 4.39 Å². The molecule has 0 aliphatic rings. The van der Waals surface area contributed by atoms with Gasteiger partial charge in [-0.25, -0.2) is 4.39 Å². The van der Waals surface area contributed by atoms with E-state index in [4.69, 9.17) is 0 Å². The van der Waals surface area contributed by atoms with Crippen LogP contribution in [0.3, 0.4) is 0 Å². The first kappa shape index (κ1) is 14.0. The number of fused-ring (bicyclic) bond motifs is 3. The van der Waals surface area contributed by atoms with Gasteiger partial charge in [0.2, 0.25) is 0 Å². The third-order valence-electron chi connectivity index (χ3n) is 3.76. The molecule has 1 aromatic heterocycles. The number of benzene rings is 3. The van der Waals surface area contributed by atoms with Gasteiger partial charge in [-0.05, 0) is 42.5 Å². The smallest absolute Gasteiger partial charge is 0.125 e. The molecule has 0 aliphatic carbocycles. The van der Waals surface area contributed by atoms with E-state index >= 15 is 0 Å². The molecule has 0 amide bonds. The molecule has 22 heavy (non-hydrogen) atoms. The van der Waals surface area contributed by atoms with E-state index < -0.39 is 0 Å². The molecule has 0 saturated carbocycles. The third-order valence-corrected chi connectivity index (χ3v) is 4.74. The molecule has 0 N–H and O–H groups in total. The maximum absolute atomic E-state index is 13.7. The fourth-order valence-electron chi connectivity index (χ4n) is 2.86. The Labute approximate surface area is 143 Å². The summed E-state index contributed by atoms with van der Waals surface area (Å²) < 4.78 is 17.8. The molecule has 0 radical (unpaired) electrons. The van der Waals surface area contributed by atoms with Crippen molar-refractivity contribution in [3.8, 4) is 5.69 Å². The maximum Gasteiger partial charge on any atom is 0.125 e. The quantitative estimate of drug-likeness (QED) is 0.334. The number of halogens is 3. The second-order valence-corrected chi connectivity index (χ2v) is 6.97. The number of rotatable bonds is 1. The van der Waals surface area contributed by atoms with E-state index in [9.17, 15) is 4.39 Å². The molecular weight excluding hydrogens is 409 g/mol. The number of nitrogens with zero attached hydrogens (tertiary/aromatic N) is 1. The van der Waals surface area contributed by atoms with Gasteiger partial charge in [-0.2, -0.15) is 0 Å². The monoisotopic (exact) mass is 417 g/mol. The van der Waals surface area contributed by atoms with Crippen molar-refractivity contribution in [2.45, 2.75) is 0 Å². The predicted octanol–water partition coefficient (Wildman–Crippen LogP) is 6.45. The molecule has 0 bridgehead atoms. The van der Waals surface area contributed by atoms with Crippen LogP contribution in [0.1, 0.15) is 0 Å². The van der Waals surface area contributed by atoms with E-state index in [0.29, 0.717) is 0 Å². The highest BCUT2D eigenvalue weighted by Crippen LogP contribution is 2.35. The van der Waals surface area contributed by atoms with Crippen LogP contribution in [0.2, 0.25) is 0 Å². The lowest BCUT2D eigenvalue weighted by Gasteiger charge is -2.08. The van der Waals surface area contributed by atoms with Crippen LogP contribution in [0.4, 0.5) is 4.39 Å². The van der Waals surface area contributed by atoms with Gasteiger partial charge in [-0.3, -0.25) is 0 Å². The summed E-state index contributed by atoms with van der Waals surface area (Å²) in [5.41, 5.74) is 2.91. The molecule has 4 rings (SSSR count). The highest BCUT2D eigenvalue weighted by atomic mass is 79.9. The summed E-state index contributed by atoms with van der Waals surface area (Å²) in [4.78, 5) is 0. The second kappa shape index (κ2) is 5.21. The first-order valence-corrected chi connectivity index (χ1v) is 8.37. The van der Waals surface area contributed by atoms with Gasteiger partial charge >= 0.3 is 0 Å². The van der Waals surface area contributed by atoms with Gasteiger partial charge < -0.3 is 4.57 Å². The zero-order valence-electron chi connectivity index (χ0n) is 11.4. The third kappa shape index (κ3) is 2.18. The van der Waals surface area contributed by atoms with Crippen LogP contribution in [-0.2, 0) is 0 Å². The molecule has 0 saturated heterocycles. The molecule has 0 unspecified atom stereocenters. The van der Waals surface area contributed by atoms with Crippen molar-refractivity contribution in [1.82, 2.24) is 4.57 Å². The Kier molecular flexibility index (Phi) is 3.31. The van der Waals surface area contributed by atoms with Gasteiger partial charge in [-0.1, -0.05) is 50.1 Å². The Balaban J connectivity index is 2.22. The Morgan fingerprint density at radius 2 is 1.32 bits per heavy atom. The van der Waals surface area contributed by atoms with Crippen molar-refractivity contribution in [2.24, 2.45) is 0 Å². The van der Waals surface area contributed by atoms with Gasteiger partial charge in [0, 0.05) is 25.4 Å². The molecule has 1 nitrogen and oxygen atoms in total. The summed E-state index contributed by atoms with van der Waals surface area (Å²) in [7, 11) is 0. The Hall–Kier alpha value is -1.65. The molecule has 108 valence electrons. The van der Waals surface area contributed by atoms with E-state index in [1.807, 2.05) is 18.2 Å². The van der Waals surface area contributed by atoms with E-state index in [2.05, 4.69) is 60.7 Å². The van der Waals surface area contributed by atoms with Crippen LogP contribution in [0.5, 0.6) is 0 Å².